The molecule has 3 heteroatoms. The smallest absolute Gasteiger partial charge is 0.0377 e. The minimum absolute atomic E-state index is 0.378. The van der Waals surface area contributed by atoms with E-state index < -0.39 is 0 Å². The van der Waals surface area contributed by atoms with Crippen LogP contribution in [0.1, 0.15) is 45.1 Å². The summed E-state index contributed by atoms with van der Waals surface area (Å²) in [4.78, 5) is 4.19. The fourth-order valence-electron chi connectivity index (χ4n) is 3.05. The summed E-state index contributed by atoms with van der Waals surface area (Å²) in [5.74, 6) is 0. The van der Waals surface area contributed by atoms with Crippen LogP contribution in [0.3, 0.4) is 0 Å². The third-order valence-corrected chi connectivity index (χ3v) is 4.08. The topological polar surface area (TPSA) is 50.9 Å². The van der Waals surface area contributed by atoms with Crippen molar-refractivity contribution < 1.29 is 0 Å². The maximum atomic E-state index is 6.02. The molecular formula is C15H25N3. The summed E-state index contributed by atoms with van der Waals surface area (Å²) >= 11 is 0. The molecule has 1 aliphatic rings. The number of nitrogens with two attached hydrogens (primary N) is 1. The lowest BCUT2D eigenvalue weighted by Gasteiger charge is -2.25. The Labute approximate surface area is 110 Å². The van der Waals surface area contributed by atoms with E-state index in [1.54, 1.807) is 6.20 Å². The van der Waals surface area contributed by atoms with Crippen molar-refractivity contribution in [2.45, 2.75) is 52.0 Å². The van der Waals surface area contributed by atoms with Gasteiger partial charge in [0.05, 0.1) is 0 Å². The maximum absolute atomic E-state index is 6.02. The number of aromatic nitrogens is 1. The van der Waals surface area contributed by atoms with Gasteiger partial charge in [-0.2, -0.15) is 0 Å². The van der Waals surface area contributed by atoms with Gasteiger partial charge in [-0.05, 0) is 55.7 Å². The number of hydrogen-bond acceptors (Lipinski definition) is 3. The molecule has 1 aliphatic carbocycles. The Balaban J connectivity index is 1.95. The largest absolute Gasteiger partial charge is 0.398 e. The predicted molar refractivity (Wildman–Crippen MR) is 76.4 cm³/mol. The van der Waals surface area contributed by atoms with Gasteiger partial charge in [0.2, 0.25) is 0 Å². The van der Waals surface area contributed by atoms with Gasteiger partial charge in [-0.3, -0.25) is 4.98 Å². The number of pyridine rings is 1. The highest BCUT2D eigenvalue weighted by atomic mass is 14.9. The van der Waals surface area contributed by atoms with Crippen LogP contribution in [0.5, 0.6) is 0 Å². The minimum atomic E-state index is 0.378. The van der Waals surface area contributed by atoms with Crippen molar-refractivity contribution in [3.05, 3.63) is 24.0 Å². The van der Waals surface area contributed by atoms with E-state index in [-0.39, 0.29) is 0 Å². The van der Waals surface area contributed by atoms with E-state index in [1.165, 1.54) is 31.2 Å². The van der Waals surface area contributed by atoms with Gasteiger partial charge in [0, 0.05) is 24.1 Å². The van der Waals surface area contributed by atoms with Gasteiger partial charge < -0.3 is 11.1 Å². The lowest BCUT2D eigenvalue weighted by molar-refractivity contribution is 0.322. The molecule has 0 saturated heterocycles. The Kier molecular flexibility index (Phi) is 4.23. The molecule has 1 aromatic heterocycles. The number of nitrogens with one attached hydrogen (secondary N) is 1. The molecule has 0 radical (unpaired) electrons. The fourth-order valence-corrected chi connectivity index (χ4v) is 3.05. The molecule has 18 heavy (non-hydrogen) atoms. The molecule has 1 aromatic rings. The van der Waals surface area contributed by atoms with Crippen LogP contribution in [0.15, 0.2) is 18.5 Å². The Morgan fingerprint density at radius 3 is 3.11 bits per heavy atom. The molecule has 100 valence electrons. The Morgan fingerprint density at radius 1 is 1.56 bits per heavy atom. The first-order valence-electron chi connectivity index (χ1n) is 7.05. The standard InChI is InChI=1S/C15H25N3/c1-3-7-18-13-4-6-15(2,10-13)9-12-11-17-8-5-14(12)16/h5,8,11,13,18H,3-4,6-7,9-10H2,1-2H3,(H2,16,17). The summed E-state index contributed by atoms with van der Waals surface area (Å²) in [6, 6.07) is 2.59. The molecule has 0 amide bonds. The quantitative estimate of drug-likeness (QED) is 0.841. The fraction of sp³-hybridized carbons (Fsp3) is 0.667. The third-order valence-electron chi connectivity index (χ3n) is 4.08. The average Bonchev–Trinajstić information content (AvgIpc) is 2.72. The van der Waals surface area contributed by atoms with Crippen molar-refractivity contribution in [1.82, 2.24) is 10.3 Å². The predicted octanol–water partition coefficient (Wildman–Crippen LogP) is 2.76. The first-order chi connectivity index (χ1) is 8.63. The number of anilines is 1. The lowest BCUT2D eigenvalue weighted by atomic mass is 9.82. The van der Waals surface area contributed by atoms with Gasteiger partial charge >= 0.3 is 0 Å². The molecule has 1 heterocycles. The van der Waals surface area contributed by atoms with Crippen LogP contribution >= 0.6 is 0 Å². The summed E-state index contributed by atoms with van der Waals surface area (Å²) < 4.78 is 0. The second-order valence-electron chi connectivity index (χ2n) is 5.96. The van der Waals surface area contributed by atoms with E-state index in [1.807, 2.05) is 12.3 Å². The molecule has 1 fully saturated rings. The summed E-state index contributed by atoms with van der Waals surface area (Å²) in [7, 11) is 0. The maximum Gasteiger partial charge on any atom is 0.0377 e. The highest BCUT2D eigenvalue weighted by molar-refractivity contribution is 5.44. The van der Waals surface area contributed by atoms with Crippen molar-refractivity contribution in [2.75, 3.05) is 12.3 Å². The number of hydrogen-bond donors (Lipinski definition) is 2. The Hall–Kier alpha value is -1.09. The summed E-state index contributed by atoms with van der Waals surface area (Å²) in [6.07, 6.45) is 9.77. The van der Waals surface area contributed by atoms with Crippen LogP contribution in [0.4, 0.5) is 5.69 Å². The van der Waals surface area contributed by atoms with E-state index in [4.69, 9.17) is 5.73 Å². The second-order valence-corrected chi connectivity index (χ2v) is 5.96. The first kappa shape index (κ1) is 13.3. The molecule has 0 spiro atoms. The van der Waals surface area contributed by atoms with E-state index in [0.29, 0.717) is 11.5 Å². The van der Waals surface area contributed by atoms with Crippen LogP contribution in [-0.4, -0.2) is 17.6 Å². The lowest BCUT2D eigenvalue weighted by Crippen LogP contribution is -2.29. The van der Waals surface area contributed by atoms with Crippen LogP contribution in [0.25, 0.3) is 0 Å². The average molecular weight is 247 g/mol. The van der Waals surface area contributed by atoms with E-state index in [9.17, 15) is 0 Å². The molecule has 0 aromatic carbocycles. The highest BCUT2D eigenvalue weighted by Crippen LogP contribution is 2.41. The van der Waals surface area contributed by atoms with Gasteiger partial charge in [0.1, 0.15) is 0 Å². The third kappa shape index (κ3) is 3.22. The zero-order valence-corrected chi connectivity index (χ0v) is 11.6. The first-order valence-corrected chi connectivity index (χ1v) is 7.05. The molecule has 2 atom stereocenters. The molecule has 2 rings (SSSR count). The molecule has 0 aliphatic heterocycles. The van der Waals surface area contributed by atoms with E-state index in [2.05, 4.69) is 24.1 Å². The molecule has 2 unspecified atom stereocenters. The summed E-state index contributed by atoms with van der Waals surface area (Å²) in [6.45, 7) is 5.74. The van der Waals surface area contributed by atoms with Gasteiger partial charge in [0.25, 0.3) is 0 Å². The van der Waals surface area contributed by atoms with E-state index >= 15 is 0 Å². The zero-order valence-electron chi connectivity index (χ0n) is 11.6. The Morgan fingerprint density at radius 2 is 2.39 bits per heavy atom. The molecule has 3 N–H and O–H groups in total. The summed E-state index contributed by atoms with van der Waals surface area (Å²) in [5, 5.41) is 3.64. The summed E-state index contributed by atoms with van der Waals surface area (Å²) in [5.41, 5.74) is 8.48. The normalized spacial score (nSPS) is 27.6. The van der Waals surface area contributed by atoms with Crippen LogP contribution in [0, 0.1) is 5.41 Å². The number of nitrogen functional groups attached to an aromatic ring is 1. The van der Waals surface area contributed by atoms with Gasteiger partial charge in [0.15, 0.2) is 0 Å². The molecule has 1 saturated carbocycles. The highest BCUT2D eigenvalue weighted by Gasteiger charge is 2.35. The van der Waals surface area contributed by atoms with Crippen LogP contribution < -0.4 is 11.1 Å². The van der Waals surface area contributed by atoms with Crippen LogP contribution in [-0.2, 0) is 6.42 Å². The molecular weight excluding hydrogens is 222 g/mol. The van der Waals surface area contributed by atoms with Crippen molar-refractivity contribution in [2.24, 2.45) is 5.41 Å². The molecule has 3 nitrogen and oxygen atoms in total. The van der Waals surface area contributed by atoms with Crippen molar-refractivity contribution >= 4 is 5.69 Å². The van der Waals surface area contributed by atoms with Gasteiger partial charge in [-0.15, -0.1) is 0 Å². The number of nitrogens with zero attached hydrogens (tertiary/aromatic N) is 1. The Bertz CT molecular complexity index is 391. The molecule has 0 bridgehead atoms. The van der Waals surface area contributed by atoms with Crippen molar-refractivity contribution in [3.63, 3.8) is 0 Å². The zero-order chi connectivity index (χ0) is 13.0. The second kappa shape index (κ2) is 5.70. The van der Waals surface area contributed by atoms with Crippen molar-refractivity contribution in [3.8, 4) is 0 Å². The monoisotopic (exact) mass is 247 g/mol. The van der Waals surface area contributed by atoms with E-state index in [0.717, 1.165) is 18.7 Å². The van der Waals surface area contributed by atoms with Gasteiger partial charge in [-0.1, -0.05) is 13.8 Å². The van der Waals surface area contributed by atoms with Crippen LogP contribution in [0.2, 0.25) is 0 Å². The van der Waals surface area contributed by atoms with Crippen molar-refractivity contribution in [1.29, 1.82) is 0 Å². The SMILES string of the molecule is CCCNC1CCC(C)(Cc2cnccc2N)C1. The number of rotatable bonds is 5. The minimum Gasteiger partial charge on any atom is -0.398 e. The van der Waals surface area contributed by atoms with Gasteiger partial charge in [-0.25, -0.2) is 0 Å².